The third-order valence-electron chi connectivity index (χ3n) is 5.39. The molecular formula is C24H26N2O5. The van der Waals surface area contributed by atoms with Crippen molar-refractivity contribution >= 4 is 5.91 Å². The first-order valence-electron chi connectivity index (χ1n) is 10.3. The van der Waals surface area contributed by atoms with Gasteiger partial charge in [-0.15, -0.1) is 0 Å². The van der Waals surface area contributed by atoms with E-state index in [4.69, 9.17) is 18.7 Å². The predicted octanol–water partition coefficient (Wildman–Crippen LogP) is 4.19. The zero-order valence-corrected chi connectivity index (χ0v) is 18.0. The summed E-state index contributed by atoms with van der Waals surface area (Å²) >= 11 is 0. The molecule has 31 heavy (non-hydrogen) atoms. The number of fused-ring (bicyclic) bond motifs is 1. The van der Waals surface area contributed by atoms with Gasteiger partial charge in [0.25, 0.3) is 0 Å². The van der Waals surface area contributed by atoms with Gasteiger partial charge >= 0.3 is 0 Å². The standard InChI is InChI=1S/C24H26N2O5/c1-4-26(13-19-7-10-22-23(11-19)30-15-29-22)24(27)12-18-5-8-20(9-6-18)28-14-21-16(2)25-31-17(21)3/h5-11H,4,12-15H2,1-3H3. The van der Waals surface area contributed by atoms with Crippen LogP contribution in [0.3, 0.4) is 0 Å². The maximum Gasteiger partial charge on any atom is 0.231 e. The number of aryl methyl sites for hydroxylation is 2. The largest absolute Gasteiger partial charge is 0.489 e. The Morgan fingerprint density at radius 3 is 2.52 bits per heavy atom. The number of carbonyl (C=O) groups excluding carboxylic acids is 1. The van der Waals surface area contributed by atoms with Crippen molar-refractivity contribution in [1.29, 1.82) is 0 Å². The second kappa shape index (κ2) is 9.12. The van der Waals surface area contributed by atoms with E-state index in [0.717, 1.165) is 45.4 Å². The molecule has 0 saturated heterocycles. The van der Waals surface area contributed by atoms with Crippen molar-refractivity contribution in [2.45, 2.75) is 40.3 Å². The highest BCUT2D eigenvalue weighted by molar-refractivity contribution is 5.78. The first-order chi connectivity index (χ1) is 15.0. The lowest BCUT2D eigenvalue weighted by Crippen LogP contribution is -2.31. The van der Waals surface area contributed by atoms with E-state index in [1.165, 1.54) is 0 Å². The zero-order chi connectivity index (χ0) is 21.8. The number of hydrogen-bond acceptors (Lipinski definition) is 6. The maximum absolute atomic E-state index is 12.8. The number of nitrogens with zero attached hydrogens (tertiary/aromatic N) is 2. The Kier molecular flexibility index (Phi) is 6.11. The van der Waals surface area contributed by atoms with Crippen LogP contribution < -0.4 is 14.2 Å². The van der Waals surface area contributed by atoms with Gasteiger partial charge in [-0.3, -0.25) is 4.79 Å². The van der Waals surface area contributed by atoms with E-state index in [0.29, 0.717) is 26.1 Å². The predicted molar refractivity (Wildman–Crippen MR) is 114 cm³/mol. The third kappa shape index (κ3) is 4.82. The van der Waals surface area contributed by atoms with Crippen LogP contribution in [0.5, 0.6) is 17.2 Å². The van der Waals surface area contributed by atoms with Crippen molar-refractivity contribution in [3.8, 4) is 17.2 Å². The lowest BCUT2D eigenvalue weighted by Gasteiger charge is -2.21. The van der Waals surface area contributed by atoms with E-state index in [1.807, 2.05) is 68.1 Å². The van der Waals surface area contributed by atoms with Crippen LogP contribution in [0.1, 0.15) is 35.1 Å². The van der Waals surface area contributed by atoms with Gasteiger partial charge in [-0.2, -0.15) is 0 Å². The molecule has 0 saturated carbocycles. The Morgan fingerprint density at radius 1 is 1.06 bits per heavy atom. The highest BCUT2D eigenvalue weighted by Gasteiger charge is 2.17. The van der Waals surface area contributed by atoms with Crippen LogP contribution in [0.2, 0.25) is 0 Å². The molecule has 0 spiro atoms. The van der Waals surface area contributed by atoms with Crippen LogP contribution in [0.25, 0.3) is 0 Å². The molecule has 0 radical (unpaired) electrons. The average Bonchev–Trinajstić information content (AvgIpc) is 3.37. The zero-order valence-electron chi connectivity index (χ0n) is 18.0. The molecule has 0 aliphatic carbocycles. The summed E-state index contributed by atoms with van der Waals surface area (Å²) < 4.78 is 21.8. The summed E-state index contributed by atoms with van der Waals surface area (Å²) in [5.74, 6) is 3.05. The van der Waals surface area contributed by atoms with Crippen LogP contribution in [0.15, 0.2) is 47.0 Å². The molecule has 7 heteroatoms. The molecule has 3 aromatic rings. The lowest BCUT2D eigenvalue weighted by molar-refractivity contribution is -0.130. The van der Waals surface area contributed by atoms with Crippen LogP contribution in [-0.2, 0) is 24.4 Å². The molecule has 0 bridgehead atoms. The fourth-order valence-corrected chi connectivity index (χ4v) is 3.49. The van der Waals surface area contributed by atoms with Gasteiger partial charge in [0, 0.05) is 13.1 Å². The summed E-state index contributed by atoms with van der Waals surface area (Å²) in [6, 6.07) is 13.4. The summed E-state index contributed by atoms with van der Waals surface area (Å²) in [5, 5.41) is 3.94. The Bertz CT molecular complexity index is 1040. The SMILES string of the molecule is CCN(Cc1ccc2c(c1)OCO2)C(=O)Cc1ccc(OCc2c(C)noc2C)cc1. The molecule has 1 aliphatic heterocycles. The van der Waals surface area contributed by atoms with Crippen LogP contribution >= 0.6 is 0 Å². The Hall–Kier alpha value is -3.48. The summed E-state index contributed by atoms with van der Waals surface area (Å²) in [5.41, 5.74) is 3.75. The van der Waals surface area contributed by atoms with Crippen molar-refractivity contribution in [2.75, 3.05) is 13.3 Å². The van der Waals surface area contributed by atoms with Gasteiger partial charge in [0.15, 0.2) is 11.5 Å². The summed E-state index contributed by atoms with van der Waals surface area (Å²) in [6.07, 6.45) is 0.336. The number of rotatable bonds is 8. The van der Waals surface area contributed by atoms with E-state index < -0.39 is 0 Å². The van der Waals surface area contributed by atoms with Gasteiger partial charge < -0.3 is 23.6 Å². The van der Waals surface area contributed by atoms with Crippen LogP contribution in [0.4, 0.5) is 0 Å². The summed E-state index contributed by atoms with van der Waals surface area (Å²) in [7, 11) is 0. The summed E-state index contributed by atoms with van der Waals surface area (Å²) in [6.45, 7) is 7.56. The number of likely N-dealkylation sites (N-methyl/N-ethyl adjacent to an activating group) is 1. The molecule has 1 amide bonds. The van der Waals surface area contributed by atoms with E-state index in [1.54, 1.807) is 0 Å². The highest BCUT2D eigenvalue weighted by atomic mass is 16.7. The minimum atomic E-state index is 0.0737. The maximum atomic E-state index is 12.8. The first kappa shape index (κ1) is 20.8. The number of hydrogen-bond donors (Lipinski definition) is 0. The monoisotopic (exact) mass is 422 g/mol. The summed E-state index contributed by atoms with van der Waals surface area (Å²) in [4.78, 5) is 14.7. The number of ether oxygens (including phenoxy) is 3. The number of aromatic nitrogens is 1. The normalized spacial score (nSPS) is 12.1. The minimum absolute atomic E-state index is 0.0737. The quantitative estimate of drug-likeness (QED) is 0.542. The van der Waals surface area contributed by atoms with E-state index in [9.17, 15) is 4.79 Å². The molecule has 2 heterocycles. The molecule has 2 aromatic carbocycles. The molecule has 1 aliphatic rings. The van der Waals surface area contributed by atoms with Gasteiger partial charge in [-0.1, -0.05) is 23.4 Å². The topological polar surface area (TPSA) is 74.0 Å². The minimum Gasteiger partial charge on any atom is -0.489 e. The second-order valence-corrected chi connectivity index (χ2v) is 7.51. The third-order valence-corrected chi connectivity index (χ3v) is 5.39. The Morgan fingerprint density at radius 2 is 1.81 bits per heavy atom. The number of amides is 1. The molecule has 0 fully saturated rings. The molecular weight excluding hydrogens is 396 g/mol. The van der Waals surface area contributed by atoms with Crippen molar-refractivity contribution in [3.63, 3.8) is 0 Å². The second-order valence-electron chi connectivity index (χ2n) is 7.51. The van der Waals surface area contributed by atoms with E-state index >= 15 is 0 Å². The fraction of sp³-hybridized carbons (Fsp3) is 0.333. The van der Waals surface area contributed by atoms with Gasteiger partial charge in [-0.05, 0) is 56.2 Å². The molecule has 4 rings (SSSR count). The number of carbonyl (C=O) groups is 1. The smallest absolute Gasteiger partial charge is 0.231 e. The lowest BCUT2D eigenvalue weighted by atomic mass is 10.1. The van der Waals surface area contributed by atoms with Crippen molar-refractivity contribution < 1.29 is 23.5 Å². The van der Waals surface area contributed by atoms with Crippen LogP contribution in [0, 0.1) is 13.8 Å². The molecule has 0 unspecified atom stereocenters. The number of benzene rings is 2. The van der Waals surface area contributed by atoms with Gasteiger partial charge in [0.2, 0.25) is 12.7 Å². The Balaban J connectivity index is 1.33. The van der Waals surface area contributed by atoms with Gasteiger partial charge in [0.1, 0.15) is 18.1 Å². The van der Waals surface area contributed by atoms with Crippen molar-refractivity contribution in [3.05, 3.63) is 70.6 Å². The molecule has 0 N–H and O–H groups in total. The van der Waals surface area contributed by atoms with E-state index in [-0.39, 0.29) is 12.7 Å². The first-order valence-corrected chi connectivity index (χ1v) is 10.3. The average molecular weight is 422 g/mol. The Labute approximate surface area is 181 Å². The van der Waals surface area contributed by atoms with Gasteiger partial charge in [0.05, 0.1) is 17.7 Å². The molecule has 1 aromatic heterocycles. The fourth-order valence-electron chi connectivity index (χ4n) is 3.49. The van der Waals surface area contributed by atoms with Gasteiger partial charge in [-0.25, -0.2) is 0 Å². The highest BCUT2D eigenvalue weighted by Crippen LogP contribution is 2.32. The van der Waals surface area contributed by atoms with Crippen molar-refractivity contribution in [2.24, 2.45) is 0 Å². The molecule has 0 atom stereocenters. The van der Waals surface area contributed by atoms with E-state index in [2.05, 4.69) is 5.16 Å². The van der Waals surface area contributed by atoms with Crippen molar-refractivity contribution in [1.82, 2.24) is 10.1 Å². The van der Waals surface area contributed by atoms with Crippen LogP contribution in [-0.4, -0.2) is 29.3 Å². The molecule has 162 valence electrons. The molecule has 7 nitrogen and oxygen atoms in total.